The molecule has 2 aliphatic heterocycles. The Labute approximate surface area is 210 Å². The van der Waals surface area contributed by atoms with E-state index >= 15 is 0 Å². The van der Waals surface area contributed by atoms with E-state index in [1.54, 1.807) is 12.1 Å². The van der Waals surface area contributed by atoms with Crippen molar-refractivity contribution in [2.24, 2.45) is 0 Å². The number of hydrogen-bond donors (Lipinski definition) is 2. The molecule has 3 N–H and O–H groups in total. The van der Waals surface area contributed by atoms with E-state index in [0.717, 1.165) is 43.0 Å². The predicted octanol–water partition coefficient (Wildman–Crippen LogP) is 3.54. The largest absolute Gasteiger partial charge is 0.507 e. The highest BCUT2D eigenvalue weighted by Crippen LogP contribution is 2.38. The van der Waals surface area contributed by atoms with Crippen molar-refractivity contribution in [3.05, 3.63) is 78.9 Å². The molecule has 2 unspecified atom stereocenters. The molecule has 8 nitrogen and oxygen atoms in total. The Morgan fingerprint density at radius 1 is 0.972 bits per heavy atom. The Kier molecular flexibility index (Phi) is 5.66. The smallest absolute Gasteiger partial charge is 0.169 e. The first kappa shape index (κ1) is 22.0. The molecule has 0 aliphatic carbocycles. The van der Waals surface area contributed by atoms with E-state index < -0.39 is 0 Å². The number of pyridine rings is 1. The Balaban J connectivity index is 1.22. The van der Waals surface area contributed by atoms with Gasteiger partial charge in [-0.05, 0) is 61.2 Å². The van der Waals surface area contributed by atoms with Crippen LogP contribution in [0.4, 0.5) is 17.2 Å². The zero-order chi connectivity index (χ0) is 24.5. The van der Waals surface area contributed by atoms with Crippen LogP contribution in [0.1, 0.15) is 18.5 Å². The first-order valence-corrected chi connectivity index (χ1v) is 12.2. The highest BCUT2D eigenvalue weighted by molar-refractivity contribution is 5.74. The molecule has 2 fully saturated rings. The molecule has 2 atom stereocenters. The van der Waals surface area contributed by atoms with Crippen LogP contribution in [0, 0.1) is 11.8 Å². The Morgan fingerprint density at radius 2 is 1.75 bits per heavy atom. The maximum absolute atomic E-state index is 10.3. The molecule has 2 saturated heterocycles. The Morgan fingerprint density at radius 3 is 2.53 bits per heavy atom. The lowest BCUT2D eigenvalue weighted by molar-refractivity contribution is 0.477. The normalized spacial score (nSPS) is 18.7. The van der Waals surface area contributed by atoms with Gasteiger partial charge in [-0.3, -0.25) is 0 Å². The SMILES string of the molecule is Nc1nnc(-c2ccccc2O)cc1N1CC2CCC(C1)N2c1ccnc(C#CCn2cccc2)c1. The van der Waals surface area contributed by atoms with Crippen LogP contribution >= 0.6 is 0 Å². The molecule has 5 heterocycles. The minimum Gasteiger partial charge on any atom is -0.507 e. The lowest BCUT2D eigenvalue weighted by Crippen LogP contribution is -2.54. The van der Waals surface area contributed by atoms with Crippen LogP contribution in [-0.4, -0.2) is 50.0 Å². The van der Waals surface area contributed by atoms with Gasteiger partial charge in [0.1, 0.15) is 11.4 Å². The summed E-state index contributed by atoms with van der Waals surface area (Å²) in [7, 11) is 0. The molecule has 0 radical (unpaired) electrons. The summed E-state index contributed by atoms with van der Waals surface area (Å²) in [5.41, 5.74) is 10.4. The molecule has 180 valence electrons. The molecule has 3 aromatic heterocycles. The maximum Gasteiger partial charge on any atom is 0.169 e. The minimum absolute atomic E-state index is 0.178. The summed E-state index contributed by atoms with van der Waals surface area (Å²) in [4.78, 5) is 9.30. The summed E-state index contributed by atoms with van der Waals surface area (Å²) >= 11 is 0. The number of aromatic hydroxyl groups is 1. The molecule has 0 saturated carbocycles. The fourth-order valence-electron chi connectivity index (χ4n) is 5.33. The first-order valence-electron chi connectivity index (χ1n) is 12.2. The zero-order valence-corrected chi connectivity index (χ0v) is 19.8. The van der Waals surface area contributed by atoms with Crippen molar-refractivity contribution < 1.29 is 5.11 Å². The monoisotopic (exact) mass is 477 g/mol. The van der Waals surface area contributed by atoms with Gasteiger partial charge < -0.3 is 25.2 Å². The van der Waals surface area contributed by atoms with Crippen LogP contribution in [0.3, 0.4) is 0 Å². The second kappa shape index (κ2) is 9.27. The highest BCUT2D eigenvalue weighted by Gasteiger charge is 2.40. The van der Waals surface area contributed by atoms with Gasteiger partial charge in [0.2, 0.25) is 0 Å². The number of aromatic nitrogens is 4. The lowest BCUT2D eigenvalue weighted by atomic mass is 10.1. The number of nitrogens with two attached hydrogens (primary N) is 1. The van der Waals surface area contributed by atoms with E-state index in [1.165, 1.54) is 0 Å². The van der Waals surface area contributed by atoms with E-state index in [1.807, 2.05) is 53.5 Å². The van der Waals surface area contributed by atoms with Gasteiger partial charge in [-0.2, -0.15) is 0 Å². The molecular weight excluding hydrogens is 450 g/mol. The van der Waals surface area contributed by atoms with Gasteiger partial charge in [0.05, 0.1) is 17.9 Å². The van der Waals surface area contributed by atoms with Gasteiger partial charge in [-0.1, -0.05) is 18.1 Å². The van der Waals surface area contributed by atoms with Crippen molar-refractivity contribution >= 4 is 17.2 Å². The zero-order valence-electron chi connectivity index (χ0n) is 19.8. The molecule has 0 spiro atoms. The number of phenolic OH excluding ortho intramolecular Hbond substituents is 1. The van der Waals surface area contributed by atoms with Gasteiger partial charge in [-0.15, -0.1) is 10.2 Å². The van der Waals surface area contributed by atoms with Gasteiger partial charge >= 0.3 is 0 Å². The van der Waals surface area contributed by atoms with Crippen LogP contribution in [0.5, 0.6) is 5.75 Å². The number of piperazine rings is 1. The number of anilines is 3. The fraction of sp³-hybridized carbons (Fsp3) is 0.250. The standard InChI is InChI=1S/C28H27N7O/c29-28-26(17-25(31-32-28)24-7-1-2-8-27(24)36)34-18-22-9-10-23(19-34)35(22)21-11-12-30-20(16-21)6-5-15-33-13-3-4-14-33/h1-4,7-8,11-14,16-17,22-23,36H,9-10,15,18-19H2,(H2,29,32). The second-order valence-electron chi connectivity index (χ2n) is 9.27. The molecule has 6 rings (SSSR count). The molecule has 1 aromatic carbocycles. The summed E-state index contributed by atoms with van der Waals surface area (Å²) in [5.74, 6) is 7.01. The van der Waals surface area contributed by atoms with Crippen molar-refractivity contribution in [3.63, 3.8) is 0 Å². The van der Waals surface area contributed by atoms with E-state index in [9.17, 15) is 5.11 Å². The van der Waals surface area contributed by atoms with Crippen LogP contribution in [0.2, 0.25) is 0 Å². The summed E-state index contributed by atoms with van der Waals surface area (Å²) in [6, 6.07) is 18.0. The summed E-state index contributed by atoms with van der Waals surface area (Å²) in [5, 5.41) is 18.7. The molecule has 0 amide bonds. The van der Waals surface area contributed by atoms with Gasteiger partial charge in [0.25, 0.3) is 0 Å². The van der Waals surface area contributed by atoms with Gasteiger partial charge in [0.15, 0.2) is 5.82 Å². The third kappa shape index (κ3) is 4.20. The number of rotatable bonds is 4. The van der Waals surface area contributed by atoms with Crippen molar-refractivity contribution in [2.75, 3.05) is 28.6 Å². The van der Waals surface area contributed by atoms with Crippen LogP contribution in [0.25, 0.3) is 11.3 Å². The Bertz CT molecular complexity index is 1430. The maximum atomic E-state index is 10.3. The topological polar surface area (TPSA) is 96.3 Å². The van der Waals surface area contributed by atoms with Gasteiger partial charge in [-0.25, -0.2) is 4.98 Å². The van der Waals surface area contributed by atoms with E-state index in [-0.39, 0.29) is 5.75 Å². The van der Waals surface area contributed by atoms with Crippen molar-refractivity contribution in [3.8, 4) is 28.8 Å². The molecule has 2 aliphatic rings. The average Bonchev–Trinajstić information content (AvgIpc) is 3.50. The number of benzene rings is 1. The predicted molar refractivity (Wildman–Crippen MR) is 141 cm³/mol. The first-order chi connectivity index (χ1) is 17.7. The number of phenols is 1. The average molecular weight is 478 g/mol. The lowest BCUT2D eigenvalue weighted by Gasteiger charge is -2.43. The van der Waals surface area contributed by atoms with Gasteiger partial charge in [0, 0.05) is 55.0 Å². The van der Waals surface area contributed by atoms with Crippen molar-refractivity contribution in [1.82, 2.24) is 19.7 Å². The highest BCUT2D eigenvalue weighted by atomic mass is 16.3. The number of nitrogens with zero attached hydrogens (tertiary/aromatic N) is 6. The van der Waals surface area contributed by atoms with E-state index in [0.29, 0.717) is 35.7 Å². The summed E-state index contributed by atoms with van der Waals surface area (Å²) in [6.07, 6.45) is 8.09. The summed E-state index contributed by atoms with van der Waals surface area (Å²) < 4.78 is 2.04. The molecular formula is C28H27N7O. The van der Waals surface area contributed by atoms with Crippen molar-refractivity contribution in [2.45, 2.75) is 31.5 Å². The van der Waals surface area contributed by atoms with E-state index in [2.05, 4.69) is 49.0 Å². The minimum atomic E-state index is 0.178. The van der Waals surface area contributed by atoms with Crippen LogP contribution in [0.15, 0.2) is 73.2 Å². The molecule has 36 heavy (non-hydrogen) atoms. The number of hydrogen-bond acceptors (Lipinski definition) is 7. The fourth-order valence-corrected chi connectivity index (χ4v) is 5.33. The second-order valence-corrected chi connectivity index (χ2v) is 9.27. The number of nitrogen functional groups attached to an aromatic ring is 1. The third-order valence-corrected chi connectivity index (χ3v) is 6.99. The third-order valence-electron chi connectivity index (χ3n) is 6.99. The number of para-hydroxylation sites is 1. The quantitative estimate of drug-likeness (QED) is 0.434. The molecule has 4 aromatic rings. The van der Waals surface area contributed by atoms with Crippen molar-refractivity contribution in [1.29, 1.82) is 0 Å². The number of fused-ring (bicyclic) bond motifs is 2. The van der Waals surface area contributed by atoms with E-state index in [4.69, 9.17) is 5.73 Å². The Hall–Kier alpha value is -4.51. The van der Waals surface area contributed by atoms with Crippen LogP contribution in [-0.2, 0) is 6.54 Å². The summed E-state index contributed by atoms with van der Waals surface area (Å²) in [6.45, 7) is 2.32. The van der Waals surface area contributed by atoms with Crippen LogP contribution < -0.4 is 15.5 Å². The molecule has 2 bridgehead atoms. The molecule has 8 heteroatoms.